The van der Waals surface area contributed by atoms with Gasteiger partial charge in [0.05, 0.1) is 31.2 Å². The molecule has 1 rings (SSSR count). The molecule has 1 aromatic rings. The van der Waals surface area contributed by atoms with E-state index < -0.39 is 0 Å². The number of imidazole rings is 1. The zero-order valence-corrected chi connectivity index (χ0v) is 10.3. The molecule has 0 amide bonds. The summed E-state index contributed by atoms with van der Waals surface area (Å²) in [6, 6.07) is 0. The molecule has 0 radical (unpaired) electrons. The Morgan fingerprint density at radius 1 is 1.60 bits per heavy atom. The second-order valence-corrected chi connectivity index (χ2v) is 4.58. The summed E-state index contributed by atoms with van der Waals surface area (Å²) in [7, 11) is 1.91. The van der Waals surface area contributed by atoms with Gasteiger partial charge in [-0.05, 0) is 13.8 Å². The normalized spacial score (nSPS) is 11.3. The van der Waals surface area contributed by atoms with E-state index in [0.717, 1.165) is 23.2 Å². The minimum Gasteiger partial charge on any atom is -0.390 e. The molecule has 0 bridgehead atoms. The van der Waals surface area contributed by atoms with Crippen molar-refractivity contribution in [2.45, 2.75) is 31.7 Å². The molecule has 0 fully saturated rings. The standard InChI is InChI=1S/C10H18N2O2S/c1-8(2)14-4-5-15-10-11-6-9(7-13)12(10)3/h6,8,13H,4-5,7H2,1-3H3. The topological polar surface area (TPSA) is 47.3 Å². The summed E-state index contributed by atoms with van der Waals surface area (Å²) < 4.78 is 7.33. The fourth-order valence-electron chi connectivity index (χ4n) is 1.12. The van der Waals surface area contributed by atoms with Crippen LogP contribution < -0.4 is 0 Å². The molecule has 4 nitrogen and oxygen atoms in total. The highest BCUT2D eigenvalue weighted by molar-refractivity contribution is 7.99. The molecule has 0 atom stereocenters. The maximum atomic E-state index is 8.98. The number of rotatable bonds is 6. The Kier molecular flexibility index (Phi) is 5.14. The van der Waals surface area contributed by atoms with Gasteiger partial charge in [-0.15, -0.1) is 0 Å². The quantitative estimate of drug-likeness (QED) is 0.593. The second kappa shape index (κ2) is 6.15. The highest BCUT2D eigenvalue weighted by Gasteiger charge is 2.05. The van der Waals surface area contributed by atoms with Crippen molar-refractivity contribution in [3.63, 3.8) is 0 Å². The molecule has 0 aromatic carbocycles. The van der Waals surface area contributed by atoms with Gasteiger partial charge in [0.1, 0.15) is 0 Å². The fourth-order valence-corrected chi connectivity index (χ4v) is 1.92. The highest BCUT2D eigenvalue weighted by Crippen LogP contribution is 2.16. The molecule has 0 unspecified atom stereocenters. The molecule has 15 heavy (non-hydrogen) atoms. The monoisotopic (exact) mass is 230 g/mol. The number of hydrogen-bond donors (Lipinski definition) is 1. The van der Waals surface area contributed by atoms with Crippen molar-refractivity contribution in [3.8, 4) is 0 Å². The number of thioether (sulfide) groups is 1. The second-order valence-electron chi connectivity index (χ2n) is 3.52. The molecule has 0 aliphatic carbocycles. The van der Waals surface area contributed by atoms with Gasteiger partial charge >= 0.3 is 0 Å². The van der Waals surface area contributed by atoms with Crippen LogP contribution in [0.25, 0.3) is 0 Å². The number of aliphatic hydroxyl groups is 1. The lowest BCUT2D eigenvalue weighted by atomic mass is 10.5. The highest BCUT2D eigenvalue weighted by atomic mass is 32.2. The molecule has 86 valence electrons. The van der Waals surface area contributed by atoms with Crippen molar-refractivity contribution in [3.05, 3.63) is 11.9 Å². The van der Waals surface area contributed by atoms with Crippen molar-refractivity contribution in [2.75, 3.05) is 12.4 Å². The van der Waals surface area contributed by atoms with Gasteiger partial charge in [0.25, 0.3) is 0 Å². The predicted octanol–water partition coefficient (Wildman–Crippen LogP) is 1.43. The van der Waals surface area contributed by atoms with Crippen LogP contribution in [0.1, 0.15) is 19.5 Å². The Morgan fingerprint density at radius 2 is 2.33 bits per heavy atom. The first-order chi connectivity index (χ1) is 7.15. The summed E-state index contributed by atoms with van der Waals surface area (Å²) in [4.78, 5) is 4.21. The summed E-state index contributed by atoms with van der Waals surface area (Å²) in [5.74, 6) is 0.883. The molecule has 1 aromatic heterocycles. The first-order valence-corrected chi connectivity index (χ1v) is 5.99. The number of hydrogen-bond acceptors (Lipinski definition) is 4. The van der Waals surface area contributed by atoms with Crippen molar-refractivity contribution in [1.82, 2.24) is 9.55 Å². The van der Waals surface area contributed by atoms with E-state index in [1.807, 2.05) is 25.5 Å². The molecule has 1 N–H and O–H groups in total. The lowest BCUT2D eigenvalue weighted by Gasteiger charge is -2.07. The van der Waals surface area contributed by atoms with E-state index in [4.69, 9.17) is 9.84 Å². The van der Waals surface area contributed by atoms with Crippen molar-refractivity contribution in [2.24, 2.45) is 7.05 Å². The average Bonchev–Trinajstić information content (AvgIpc) is 2.54. The Labute approximate surface area is 94.7 Å². The third kappa shape index (κ3) is 3.85. The van der Waals surface area contributed by atoms with Crippen LogP contribution in [0.3, 0.4) is 0 Å². The summed E-state index contributed by atoms with van der Waals surface area (Å²) >= 11 is 1.64. The Balaban J connectivity index is 2.34. The lowest BCUT2D eigenvalue weighted by molar-refractivity contribution is 0.0920. The van der Waals surface area contributed by atoms with Crippen LogP contribution >= 0.6 is 11.8 Å². The first kappa shape index (κ1) is 12.5. The van der Waals surface area contributed by atoms with Gasteiger partial charge in [0.15, 0.2) is 5.16 Å². The van der Waals surface area contributed by atoms with Gasteiger partial charge < -0.3 is 14.4 Å². The molecule has 5 heteroatoms. The third-order valence-electron chi connectivity index (χ3n) is 1.97. The van der Waals surface area contributed by atoms with Gasteiger partial charge in [-0.1, -0.05) is 11.8 Å². The van der Waals surface area contributed by atoms with E-state index in [-0.39, 0.29) is 12.7 Å². The summed E-state index contributed by atoms with van der Waals surface area (Å²) in [5.41, 5.74) is 0.835. The number of aliphatic hydroxyl groups excluding tert-OH is 1. The third-order valence-corrected chi connectivity index (χ3v) is 2.98. The van der Waals surface area contributed by atoms with Crippen LogP contribution in [0, 0.1) is 0 Å². The molecule has 1 heterocycles. The van der Waals surface area contributed by atoms with E-state index in [9.17, 15) is 0 Å². The van der Waals surface area contributed by atoms with Gasteiger partial charge in [-0.25, -0.2) is 4.98 Å². The van der Waals surface area contributed by atoms with Crippen LogP contribution in [0.2, 0.25) is 0 Å². The Morgan fingerprint density at radius 3 is 2.87 bits per heavy atom. The molecule has 0 aliphatic rings. The van der Waals surface area contributed by atoms with Gasteiger partial charge in [-0.2, -0.15) is 0 Å². The fraction of sp³-hybridized carbons (Fsp3) is 0.700. The maximum Gasteiger partial charge on any atom is 0.168 e. The molecule has 0 spiro atoms. The maximum absolute atomic E-state index is 8.98. The molecule has 0 saturated carbocycles. The number of aromatic nitrogens is 2. The summed E-state index contributed by atoms with van der Waals surface area (Å²) in [6.07, 6.45) is 1.98. The van der Waals surface area contributed by atoms with Crippen molar-refractivity contribution < 1.29 is 9.84 Å². The van der Waals surface area contributed by atoms with Crippen LogP contribution in [0.5, 0.6) is 0 Å². The SMILES string of the molecule is CC(C)OCCSc1ncc(CO)n1C. The van der Waals surface area contributed by atoms with E-state index in [1.54, 1.807) is 18.0 Å². The van der Waals surface area contributed by atoms with E-state index in [0.29, 0.717) is 0 Å². The van der Waals surface area contributed by atoms with Crippen LogP contribution in [-0.4, -0.2) is 33.1 Å². The minimum atomic E-state index is 0.0343. The molecule has 0 saturated heterocycles. The average molecular weight is 230 g/mol. The minimum absolute atomic E-state index is 0.0343. The Hall–Kier alpha value is -0.520. The van der Waals surface area contributed by atoms with Crippen LogP contribution in [0.4, 0.5) is 0 Å². The van der Waals surface area contributed by atoms with Gasteiger partial charge in [-0.3, -0.25) is 0 Å². The first-order valence-electron chi connectivity index (χ1n) is 5.01. The van der Waals surface area contributed by atoms with E-state index in [2.05, 4.69) is 4.98 Å². The van der Waals surface area contributed by atoms with Gasteiger partial charge in [0, 0.05) is 12.8 Å². The predicted molar refractivity (Wildman–Crippen MR) is 60.9 cm³/mol. The zero-order valence-electron chi connectivity index (χ0n) is 9.43. The van der Waals surface area contributed by atoms with Crippen molar-refractivity contribution >= 4 is 11.8 Å². The smallest absolute Gasteiger partial charge is 0.168 e. The van der Waals surface area contributed by atoms with Crippen molar-refractivity contribution in [1.29, 1.82) is 0 Å². The summed E-state index contributed by atoms with van der Waals surface area (Å²) in [5, 5.41) is 9.90. The largest absolute Gasteiger partial charge is 0.390 e. The number of nitrogens with zero attached hydrogens (tertiary/aromatic N) is 2. The van der Waals surface area contributed by atoms with Crippen LogP contribution in [-0.2, 0) is 18.4 Å². The molecular formula is C10H18N2O2S. The van der Waals surface area contributed by atoms with Crippen LogP contribution in [0.15, 0.2) is 11.4 Å². The molecular weight excluding hydrogens is 212 g/mol. The van der Waals surface area contributed by atoms with Gasteiger partial charge in [0.2, 0.25) is 0 Å². The number of ether oxygens (including phenoxy) is 1. The van der Waals surface area contributed by atoms with E-state index in [1.165, 1.54) is 0 Å². The molecule has 0 aliphatic heterocycles. The van der Waals surface area contributed by atoms with E-state index >= 15 is 0 Å². The zero-order chi connectivity index (χ0) is 11.3. The lowest BCUT2D eigenvalue weighted by Crippen LogP contribution is -2.06. The summed E-state index contributed by atoms with van der Waals surface area (Å²) in [6.45, 7) is 4.81. The Bertz CT molecular complexity index is 300.